The highest BCUT2D eigenvalue weighted by Crippen LogP contribution is 2.51. The molecule has 2 aliphatic heterocycles. The van der Waals surface area contributed by atoms with Crippen LogP contribution in [-0.2, 0) is 0 Å². The van der Waals surface area contributed by atoms with E-state index in [4.69, 9.17) is 0 Å². The lowest BCUT2D eigenvalue weighted by molar-refractivity contribution is 0.0998. The monoisotopic (exact) mass is 402 g/mol. The van der Waals surface area contributed by atoms with Crippen molar-refractivity contribution in [3.05, 3.63) is 59.7 Å². The summed E-state index contributed by atoms with van der Waals surface area (Å²) >= 11 is 0. The minimum Gasteiger partial charge on any atom is -0.372 e. The zero-order valence-electron chi connectivity index (χ0n) is 16.3. The molecular weight excluding hydrogens is 377 g/mol. The van der Waals surface area contributed by atoms with Gasteiger partial charge in [0.1, 0.15) is 11.7 Å². The minimum atomic E-state index is -2.57. The lowest BCUT2D eigenvalue weighted by atomic mass is 9.89. The molecule has 7 heteroatoms. The van der Waals surface area contributed by atoms with Gasteiger partial charge in [0, 0.05) is 57.0 Å². The number of nitrogens with zero attached hydrogens (tertiary/aromatic N) is 4. The Kier molecular flexibility index (Phi) is 5.48. The van der Waals surface area contributed by atoms with Crippen molar-refractivity contribution in [2.24, 2.45) is 16.1 Å². The minimum absolute atomic E-state index is 0.0786. The number of amidine groups is 1. The molecule has 0 aromatic heterocycles. The standard InChI is InChI=1S/C22H25F3N4/c1-26-27-21(14-18-15-22(18,24)25)29-12-8-20(9-13-29)28-10-6-17(7-11-28)16-2-4-19(23)5-3-16/h2-5,8-9,12,17-18H,1,6-7,10-11,13-15H2/b27-21-. The van der Waals surface area contributed by atoms with Crippen LogP contribution in [0.15, 0.2) is 58.5 Å². The quantitative estimate of drug-likeness (QED) is 0.403. The number of piperidine rings is 1. The van der Waals surface area contributed by atoms with Crippen LogP contribution in [-0.4, -0.2) is 47.9 Å². The number of benzene rings is 1. The van der Waals surface area contributed by atoms with Gasteiger partial charge in [-0.25, -0.2) is 13.2 Å². The first-order chi connectivity index (χ1) is 14.0. The second-order valence-electron chi connectivity index (χ2n) is 7.93. The first kappa shape index (κ1) is 19.7. The Morgan fingerprint density at radius 1 is 1.17 bits per heavy atom. The first-order valence-corrected chi connectivity index (χ1v) is 10.0. The number of alkyl halides is 2. The molecule has 1 aromatic rings. The lowest BCUT2D eigenvalue weighted by Crippen LogP contribution is -2.35. The fourth-order valence-corrected chi connectivity index (χ4v) is 4.13. The third-order valence-electron chi connectivity index (χ3n) is 6.03. The zero-order valence-corrected chi connectivity index (χ0v) is 16.3. The van der Waals surface area contributed by atoms with Crippen LogP contribution >= 0.6 is 0 Å². The maximum absolute atomic E-state index is 13.3. The molecule has 1 saturated carbocycles. The van der Waals surface area contributed by atoms with Crippen molar-refractivity contribution in [3.63, 3.8) is 0 Å². The van der Waals surface area contributed by atoms with E-state index in [0.717, 1.165) is 31.6 Å². The van der Waals surface area contributed by atoms with E-state index in [2.05, 4.69) is 27.9 Å². The van der Waals surface area contributed by atoms with Gasteiger partial charge in [-0.15, -0.1) is 5.10 Å². The molecule has 0 spiro atoms. The fourth-order valence-electron chi connectivity index (χ4n) is 4.13. The van der Waals surface area contributed by atoms with E-state index in [1.54, 1.807) is 0 Å². The van der Waals surface area contributed by atoms with Gasteiger partial charge in [-0.2, -0.15) is 5.10 Å². The second-order valence-corrected chi connectivity index (χ2v) is 7.93. The van der Waals surface area contributed by atoms with Crippen molar-refractivity contribution in [1.29, 1.82) is 0 Å². The van der Waals surface area contributed by atoms with E-state index in [9.17, 15) is 13.2 Å². The van der Waals surface area contributed by atoms with Gasteiger partial charge in [0.15, 0.2) is 0 Å². The highest BCUT2D eigenvalue weighted by Gasteiger charge is 2.57. The molecule has 0 N–H and O–H groups in total. The van der Waals surface area contributed by atoms with Gasteiger partial charge in [0.2, 0.25) is 0 Å². The third-order valence-corrected chi connectivity index (χ3v) is 6.03. The zero-order chi connectivity index (χ0) is 20.4. The third kappa shape index (κ3) is 4.54. The Hall–Kier alpha value is -2.57. The van der Waals surface area contributed by atoms with Gasteiger partial charge in [0.05, 0.1) is 0 Å². The van der Waals surface area contributed by atoms with Gasteiger partial charge < -0.3 is 9.80 Å². The van der Waals surface area contributed by atoms with Crippen LogP contribution in [0.1, 0.15) is 37.2 Å². The molecular formula is C22H25F3N4. The average molecular weight is 402 g/mol. The molecule has 3 aliphatic rings. The molecule has 29 heavy (non-hydrogen) atoms. The molecule has 1 aliphatic carbocycles. The highest BCUT2D eigenvalue weighted by molar-refractivity contribution is 5.84. The van der Waals surface area contributed by atoms with Crippen LogP contribution in [0.5, 0.6) is 0 Å². The van der Waals surface area contributed by atoms with Crippen LogP contribution in [0.2, 0.25) is 0 Å². The summed E-state index contributed by atoms with van der Waals surface area (Å²) in [6.45, 7) is 5.81. The molecule has 2 heterocycles. The summed E-state index contributed by atoms with van der Waals surface area (Å²) in [5.74, 6) is -2.43. The summed E-state index contributed by atoms with van der Waals surface area (Å²) < 4.78 is 39.7. The Bertz CT molecular complexity index is 836. The summed E-state index contributed by atoms with van der Waals surface area (Å²) in [6, 6.07) is 6.81. The molecule has 1 aromatic carbocycles. The molecule has 1 atom stereocenters. The molecule has 4 rings (SSSR count). The largest absolute Gasteiger partial charge is 0.372 e. The van der Waals surface area contributed by atoms with E-state index in [1.165, 1.54) is 17.7 Å². The van der Waals surface area contributed by atoms with E-state index in [0.29, 0.717) is 18.3 Å². The summed E-state index contributed by atoms with van der Waals surface area (Å²) in [6.07, 6.45) is 8.17. The molecule has 0 radical (unpaired) electrons. The smallest absolute Gasteiger partial charge is 0.252 e. The molecule has 0 amide bonds. The summed E-state index contributed by atoms with van der Waals surface area (Å²) in [7, 11) is 0. The maximum Gasteiger partial charge on any atom is 0.252 e. The number of allylic oxidation sites excluding steroid dienone is 1. The van der Waals surface area contributed by atoms with Gasteiger partial charge >= 0.3 is 0 Å². The molecule has 2 fully saturated rings. The molecule has 1 unspecified atom stereocenters. The highest BCUT2D eigenvalue weighted by atomic mass is 19.3. The Labute approximate surface area is 169 Å². The van der Waals surface area contributed by atoms with E-state index < -0.39 is 11.8 Å². The van der Waals surface area contributed by atoms with Crippen molar-refractivity contribution in [1.82, 2.24) is 9.80 Å². The van der Waals surface area contributed by atoms with Crippen LogP contribution < -0.4 is 0 Å². The first-order valence-electron chi connectivity index (χ1n) is 10.0. The van der Waals surface area contributed by atoms with Gasteiger partial charge in [0.25, 0.3) is 5.92 Å². The van der Waals surface area contributed by atoms with Crippen LogP contribution in [0.4, 0.5) is 13.2 Å². The maximum atomic E-state index is 13.3. The van der Waals surface area contributed by atoms with Crippen molar-refractivity contribution >= 4 is 12.6 Å². The molecule has 4 nitrogen and oxygen atoms in total. The van der Waals surface area contributed by atoms with Gasteiger partial charge in [-0.05, 0) is 48.6 Å². The number of likely N-dealkylation sites (tertiary alicyclic amines) is 1. The Morgan fingerprint density at radius 2 is 1.86 bits per heavy atom. The normalized spacial score (nSPS) is 24.4. The lowest BCUT2D eigenvalue weighted by Gasteiger charge is -2.36. The Balaban J connectivity index is 1.32. The average Bonchev–Trinajstić information content (AvgIpc) is 3.34. The topological polar surface area (TPSA) is 31.2 Å². The van der Waals surface area contributed by atoms with Crippen molar-refractivity contribution in [2.45, 2.75) is 37.5 Å². The Morgan fingerprint density at radius 3 is 2.41 bits per heavy atom. The van der Waals surface area contributed by atoms with Crippen LogP contribution in [0, 0.1) is 11.7 Å². The predicted octanol–water partition coefficient (Wildman–Crippen LogP) is 4.78. The summed E-state index contributed by atoms with van der Waals surface area (Å²) in [5.41, 5.74) is 2.33. The SMILES string of the molecule is C=N/N=C(/CC1CC1(F)F)N1C=CC(N2CCC(c3ccc(F)cc3)CC2)=CC1. The molecule has 154 valence electrons. The number of hydrogen-bond donors (Lipinski definition) is 0. The number of rotatable bonds is 5. The molecule has 1 saturated heterocycles. The number of hydrogen-bond acceptors (Lipinski definition) is 3. The van der Waals surface area contributed by atoms with Crippen molar-refractivity contribution < 1.29 is 13.2 Å². The van der Waals surface area contributed by atoms with E-state index in [-0.39, 0.29) is 18.7 Å². The summed E-state index contributed by atoms with van der Waals surface area (Å²) in [4.78, 5) is 4.20. The van der Waals surface area contributed by atoms with Crippen LogP contribution in [0.3, 0.4) is 0 Å². The molecule has 0 bridgehead atoms. The predicted molar refractivity (Wildman–Crippen MR) is 109 cm³/mol. The van der Waals surface area contributed by atoms with Crippen LogP contribution in [0.25, 0.3) is 0 Å². The number of halogens is 3. The van der Waals surface area contributed by atoms with E-state index in [1.807, 2.05) is 29.3 Å². The van der Waals surface area contributed by atoms with Crippen molar-refractivity contribution in [3.8, 4) is 0 Å². The van der Waals surface area contributed by atoms with E-state index >= 15 is 0 Å². The van der Waals surface area contributed by atoms with Gasteiger partial charge in [-0.3, -0.25) is 0 Å². The van der Waals surface area contributed by atoms with Gasteiger partial charge in [-0.1, -0.05) is 12.1 Å². The fraction of sp³-hybridized carbons (Fsp3) is 0.455. The summed E-state index contributed by atoms with van der Waals surface area (Å²) in [5, 5.41) is 7.54. The van der Waals surface area contributed by atoms with Crippen molar-refractivity contribution in [2.75, 3.05) is 19.6 Å². The second kappa shape index (κ2) is 8.05.